The lowest BCUT2D eigenvalue weighted by Crippen LogP contribution is -2.45. The van der Waals surface area contributed by atoms with E-state index in [4.69, 9.17) is 4.74 Å². The Labute approximate surface area is 166 Å². The Balaban J connectivity index is 1.91. The molecule has 1 unspecified atom stereocenters. The van der Waals surface area contributed by atoms with Crippen molar-refractivity contribution in [2.45, 2.75) is 45.6 Å². The molecule has 0 aromatic heterocycles. The number of esters is 1. The Morgan fingerprint density at radius 2 is 2.11 bits per heavy atom. The van der Waals surface area contributed by atoms with Crippen LogP contribution in [0.15, 0.2) is 41.4 Å². The predicted molar refractivity (Wildman–Crippen MR) is 112 cm³/mol. The smallest absolute Gasteiger partial charge is 0.338 e. The summed E-state index contributed by atoms with van der Waals surface area (Å²) in [5, 5.41) is 0. The van der Waals surface area contributed by atoms with Gasteiger partial charge in [-0.05, 0) is 69.0 Å². The van der Waals surface area contributed by atoms with E-state index in [1.807, 2.05) is 13.1 Å². The first-order chi connectivity index (χ1) is 13.2. The maximum Gasteiger partial charge on any atom is 0.338 e. The Morgan fingerprint density at radius 3 is 2.82 bits per heavy atom. The van der Waals surface area contributed by atoms with Gasteiger partial charge in [-0.1, -0.05) is 13.0 Å². The zero-order valence-corrected chi connectivity index (χ0v) is 17.1. The van der Waals surface area contributed by atoms with E-state index in [-0.39, 0.29) is 17.3 Å². The van der Waals surface area contributed by atoms with Crippen LogP contribution in [0.1, 0.15) is 61.5 Å². The fraction of sp³-hybridized carbons (Fsp3) is 0.391. The van der Waals surface area contributed by atoms with Crippen LogP contribution in [0.4, 0.5) is 15.8 Å². The van der Waals surface area contributed by atoms with Gasteiger partial charge in [-0.2, -0.15) is 0 Å². The largest absolute Gasteiger partial charge is 0.462 e. The maximum absolute atomic E-state index is 14.7. The van der Waals surface area contributed by atoms with E-state index in [1.165, 1.54) is 6.21 Å². The molecule has 0 fully saturated rings. The monoisotopic (exact) mass is 382 g/mol. The van der Waals surface area contributed by atoms with Crippen molar-refractivity contribution >= 4 is 23.6 Å². The minimum absolute atomic E-state index is 0.0119. The minimum Gasteiger partial charge on any atom is -0.462 e. The molecule has 0 spiro atoms. The third-order valence-electron chi connectivity index (χ3n) is 5.46. The molecule has 5 heteroatoms. The lowest BCUT2D eigenvalue weighted by Gasteiger charge is -2.45. The predicted octanol–water partition coefficient (Wildman–Crippen LogP) is 5.48. The van der Waals surface area contributed by atoms with Gasteiger partial charge in [0.25, 0.3) is 0 Å². The Morgan fingerprint density at radius 1 is 1.36 bits per heavy atom. The molecule has 1 aliphatic heterocycles. The highest BCUT2D eigenvalue weighted by atomic mass is 19.1. The van der Waals surface area contributed by atoms with E-state index in [2.05, 4.69) is 30.7 Å². The first kappa shape index (κ1) is 20.1. The van der Waals surface area contributed by atoms with E-state index in [1.54, 1.807) is 37.3 Å². The molecule has 2 aromatic rings. The van der Waals surface area contributed by atoms with Gasteiger partial charge in [0.1, 0.15) is 5.82 Å². The lowest BCUT2D eigenvalue weighted by molar-refractivity contribution is 0.0526. The lowest BCUT2D eigenvalue weighted by atomic mass is 9.80. The van der Waals surface area contributed by atoms with Crippen LogP contribution < -0.4 is 4.90 Å². The summed E-state index contributed by atoms with van der Waals surface area (Å²) in [6.07, 6.45) is 2.52. The number of carbonyl (C=O) groups excluding carboxylic acids is 1. The van der Waals surface area contributed by atoms with Crippen LogP contribution in [0, 0.1) is 5.82 Å². The summed E-state index contributed by atoms with van der Waals surface area (Å²) in [6, 6.07) is 10.3. The van der Waals surface area contributed by atoms with Crippen molar-refractivity contribution in [3.63, 3.8) is 0 Å². The molecule has 0 bridgehead atoms. The highest BCUT2D eigenvalue weighted by Gasteiger charge is 2.34. The van der Waals surface area contributed by atoms with Crippen LogP contribution in [-0.4, -0.2) is 31.4 Å². The Bertz CT molecular complexity index is 921. The van der Waals surface area contributed by atoms with Gasteiger partial charge in [-0.3, -0.25) is 4.99 Å². The molecular weight excluding hydrogens is 355 g/mol. The first-order valence-electron chi connectivity index (χ1n) is 9.61. The number of aliphatic imine (C=N–C) groups is 1. The van der Waals surface area contributed by atoms with E-state index in [0.717, 1.165) is 17.7 Å². The van der Waals surface area contributed by atoms with Crippen molar-refractivity contribution in [1.82, 2.24) is 0 Å². The molecule has 4 nitrogen and oxygen atoms in total. The van der Waals surface area contributed by atoms with Crippen LogP contribution in [0.25, 0.3) is 0 Å². The molecule has 28 heavy (non-hydrogen) atoms. The summed E-state index contributed by atoms with van der Waals surface area (Å²) < 4.78 is 19.8. The standard InChI is InChI=1S/C23H27FN2O2/c1-6-28-22(27)16-8-7-9-18(10-16)25-14-17-11-19-15(2)13-23(3,4)26(5)21(19)12-20(17)24/h7-12,14-15H,6,13H2,1-5H3. The Kier molecular flexibility index (Phi) is 5.54. The van der Waals surface area contributed by atoms with Gasteiger partial charge in [-0.15, -0.1) is 0 Å². The van der Waals surface area contributed by atoms with Gasteiger partial charge in [0.05, 0.1) is 17.9 Å². The molecular formula is C23H27FN2O2. The first-order valence-corrected chi connectivity index (χ1v) is 9.61. The number of benzene rings is 2. The number of anilines is 1. The van der Waals surface area contributed by atoms with E-state index < -0.39 is 0 Å². The third-order valence-corrected chi connectivity index (χ3v) is 5.46. The summed E-state index contributed by atoms with van der Waals surface area (Å²) in [4.78, 5) is 18.4. The fourth-order valence-electron chi connectivity index (χ4n) is 3.78. The molecule has 1 atom stereocenters. The molecule has 148 valence electrons. The average Bonchev–Trinajstić information content (AvgIpc) is 2.65. The number of nitrogens with zero attached hydrogens (tertiary/aromatic N) is 2. The number of ether oxygens (including phenoxy) is 1. The Hall–Kier alpha value is -2.69. The molecule has 0 saturated heterocycles. The van der Waals surface area contributed by atoms with Crippen LogP contribution in [0.2, 0.25) is 0 Å². The number of fused-ring (bicyclic) bond motifs is 1. The van der Waals surface area contributed by atoms with E-state index >= 15 is 0 Å². The number of hydrogen-bond donors (Lipinski definition) is 0. The molecule has 0 radical (unpaired) electrons. The molecule has 0 saturated carbocycles. The highest BCUT2D eigenvalue weighted by molar-refractivity contribution is 5.91. The normalized spacial score (nSPS) is 18.2. The topological polar surface area (TPSA) is 41.9 Å². The van der Waals surface area contributed by atoms with Crippen molar-refractivity contribution in [2.75, 3.05) is 18.6 Å². The van der Waals surface area contributed by atoms with Crippen LogP contribution >= 0.6 is 0 Å². The van der Waals surface area contributed by atoms with Crippen molar-refractivity contribution in [1.29, 1.82) is 0 Å². The molecule has 1 heterocycles. The van der Waals surface area contributed by atoms with Crippen molar-refractivity contribution in [3.8, 4) is 0 Å². The average molecular weight is 382 g/mol. The zero-order chi connectivity index (χ0) is 20.5. The summed E-state index contributed by atoms with van der Waals surface area (Å²) >= 11 is 0. The van der Waals surface area contributed by atoms with Gasteiger partial charge in [0.15, 0.2) is 0 Å². The second-order valence-electron chi connectivity index (χ2n) is 7.94. The number of halogens is 1. The van der Waals surface area contributed by atoms with Crippen LogP contribution in [-0.2, 0) is 4.74 Å². The molecule has 2 aromatic carbocycles. The van der Waals surface area contributed by atoms with Crippen molar-refractivity contribution in [2.24, 2.45) is 4.99 Å². The quantitative estimate of drug-likeness (QED) is 0.520. The van der Waals surface area contributed by atoms with Gasteiger partial charge >= 0.3 is 5.97 Å². The van der Waals surface area contributed by atoms with E-state index in [9.17, 15) is 9.18 Å². The van der Waals surface area contributed by atoms with Crippen LogP contribution in [0.3, 0.4) is 0 Å². The van der Waals surface area contributed by atoms with Gasteiger partial charge in [0.2, 0.25) is 0 Å². The molecule has 3 rings (SSSR count). The number of hydrogen-bond acceptors (Lipinski definition) is 4. The number of rotatable bonds is 4. The summed E-state index contributed by atoms with van der Waals surface area (Å²) in [7, 11) is 2.01. The van der Waals surface area contributed by atoms with E-state index in [0.29, 0.717) is 29.3 Å². The third kappa shape index (κ3) is 3.93. The second kappa shape index (κ2) is 7.74. The molecule has 0 amide bonds. The maximum atomic E-state index is 14.7. The fourth-order valence-corrected chi connectivity index (χ4v) is 3.78. The zero-order valence-electron chi connectivity index (χ0n) is 17.1. The second-order valence-corrected chi connectivity index (χ2v) is 7.94. The van der Waals surface area contributed by atoms with Crippen LogP contribution in [0.5, 0.6) is 0 Å². The van der Waals surface area contributed by atoms with Gasteiger partial charge in [-0.25, -0.2) is 9.18 Å². The summed E-state index contributed by atoms with van der Waals surface area (Å²) in [5.41, 5.74) is 3.50. The molecule has 1 aliphatic rings. The number of carbonyl (C=O) groups is 1. The molecule has 0 N–H and O–H groups in total. The SMILES string of the molecule is CCOC(=O)c1cccc(N=Cc2cc3c(cc2F)N(C)C(C)(C)CC3C)c1. The van der Waals surface area contributed by atoms with Gasteiger partial charge < -0.3 is 9.64 Å². The summed E-state index contributed by atoms with van der Waals surface area (Å²) in [5.74, 6) is -0.360. The van der Waals surface area contributed by atoms with Gasteiger partial charge in [0, 0.05) is 30.1 Å². The highest BCUT2D eigenvalue weighted by Crippen LogP contribution is 2.43. The minimum atomic E-state index is -0.390. The molecule has 0 aliphatic carbocycles. The summed E-state index contributed by atoms with van der Waals surface area (Å²) in [6.45, 7) is 8.61. The van der Waals surface area contributed by atoms with Crippen molar-refractivity contribution in [3.05, 3.63) is 58.9 Å². The van der Waals surface area contributed by atoms with Crippen molar-refractivity contribution < 1.29 is 13.9 Å².